The summed E-state index contributed by atoms with van der Waals surface area (Å²) >= 11 is 7.10. The van der Waals surface area contributed by atoms with E-state index < -0.39 is 17.8 Å². The summed E-state index contributed by atoms with van der Waals surface area (Å²) in [7, 11) is 0. The van der Waals surface area contributed by atoms with Crippen LogP contribution in [0.5, 0.6) is 0 Å². The topological polar surface area (TPSA) is 129 Å². The van der Waals surface area contributed by atoms with Gasteiger partial charge in [-0.3, -0.25) is 19.5 Å². The smallest absolute Gasteiger partial charge is 0.342 e. The van der Waals surface area contributed by atoms with Gasteiger partial charge in [-0.1, -0.05) is 23.4 Å². The van der Waals surface area contributed by atoms with E-state index in [1.807, 2.05) is 12.1 Å². The van der Waals surface area contributed by atoms with Gasteiger partial charge in [0.1, 0.15) is 16.9 Å². The van der Waals surface area contributed by atoms with Gasteiger partial charge < -0.3 is 14.9 Å². The third-order valence-electron chi connectivity index (χ3n) is 4.11. The fourth-order valence-corrected chi connectivity index (χ4v) is 3.70. The number of anilines is 1. The van der Waals surface area contributed by atoms with E-state index in [2.05, 4.69) is 10.3 Å². The number of carbonyl (C=O) groups excluding carboxylic acids is 3. The molecule has 0 radical (unpaired) electrons. The van der Waals surface area contributed by atoms with Gasteiger partial charge in [0.25, 0.3) is 5.91 Å². The van der Waals surface area contributed by atoms with Gasteiger partial charge in [0.15, 0.2) is 5.16 Å². The zero-order valence-corrected chi connectivity index (χ0v) is 18.2. The number of benzene rings is 1. The van der Waals surface area contributed by atoms with Crippen molar-refractivity contribution in [2.75, 3.05) is 17.7 Å². The molecule has 0 spiro atoms. The van der Waals surface area contributed by atoms with Crippen molar-refractivity contribution in [3.8, 4) is 5.69 Å². The van der Waals surface area contributed by atoms with E-state index in [1.54, 1.807) is 36.0 Å². The molecule has 3 N–H and O–H groups in total. The van der Waals surface area contributed by atoms with Gasteiger partial charge >= 0.3 is 5.97 Å². The maximum atomic E-state index is 12.5. The standard InChI is InChI=1S/C20H19ClN4O5S/c1-3-29-19(28)15-11(2)30-18(16(15)17(22)27)24-14(26)10-31-20-23-8-9-25(20)13-6-4-12(21)5-7-13/h4-9H,3,10H2,1-2H3,(H2,22,27)(H,24,26). The van der Waals surface area contributed by atoms with Crippen LogP contribution in [0, 0.1) is 6.92 Å². The van der Waals surface area contributed by atoms with Crippen LogP contribution in [0.2, 0.25) is 5.02 Å². The van der Waals surface area contributed by atoms with Crippen molar-refractivity contribution in [2.24, 2.45) is 5.73 Å². The first kappa shape index (κ1) is 22.4. The zero-order valence-electron chi connectivity index (χ0n) is 16.7. The van der Waals surface area contributed by atoms with Crippen molar-refractivity contribution in [3.05, 3.63) is 58.6 Å². The molecule has 0 aliphatic heterocycles. The summed E-state index contributed by atoms with van der Waals surface area (Å²) in [6.45, 7) is 3.22. The quantitative estimate of drug-likeness (QED) is 0.387. The van der Waals surface area contributed by atoms with Gasteiger partial charge in [0, 0.05) is 23.1 Å². The van der Waals surface area contributed by atoms with Crippen LogP contribution in [0.4, 0.5) is 5.88 Å². The predicted molar refractivity (Wildman–Crippen MR) is 116 cm³/mol. The average molecular weight is 463 g/mol. The molecule has 0 atom stereocenters. The van der Waals surface area contributed by atoms with Crippen molar-refractivity contribution >= 4 is 47.0 Å². The highest BCUT2D eigenvalue weighted by molar-refractivity contribution is 7.99. The summed E-state index contributed by atoms with van der Waals surface area (Å²) in [6, 6.07) is 7.17. The Morgan fingerprint density at radius 2 is 1.97 bits per heavy atom. The highest BCUT2D eigenvalue weighted by Gasteiger charge is 2.29. The second kappa shape index (κ2) is 9.71. The molecular weight excluding hydrogens is 444 g/mol. The van der Waals surface area contributed by atoms with E-state index in [9.17, 15) is 14.4 Å². The lowest BCUT2D eigenvalue weighted by Crippen LogP contribution is -2.21. The number of furan rings is 1. The molecule has 2 heterocycles. The molecule has 0 saturated carbocycles. The van der Waals surface area contributed by atoms with Crippen LogP contribution < -0.4 is 11.1 Å². The Hall–Kier alpha value is -3.24. The Morgan fingerprint density at radius 1 is 1.26 bits per heavy atom. The molecule has 3 aromatic rings. The first-order valence-electron chi connectivity index (χ1n) is 9.14. The first-order chi connectivity index (χ1) is 14.8. The number of aromatic nitrogens is 2. The summed E-state index contributed by atoms with van der Waals surface area (Å²) < 4.78 is 12.1. The molecule has 162 valence electrons. The Morgan fingerprint density at radius 3 is 2.61 bits per heavy atom. The lowest BCUT2D eigenvalue weighted by Gasteiger charge is -2.08. The lowest BCUT2D eigenvalue weighted by atomic mass is 10.1. The molecular formula is C20H19ClN4O5S. The second-order valence-corrected chi connectivity index (χ2v) is 7.59. The number of primary amides is 1. The molecule has 0 aliphatic carbocycles. The third-order valence-corrected chi connectivity index (χ3v) is 5.33. The van der Waals surface area contributed by atoms with Gasteiger partial charge in [-0.15, -0.1) is 0 Å². The zero-order chi connectivity index (χ0) is 22.5. The summed E-state index contributed by atoms with van der Waals surface area (Å²) in [5.41, 5.74) is 5.91. The third kappa shape index (κ3) is 5.09. The van der Waals surface area contributed by atoms with Crippen LogP contribution in [0.3, 0.4) is 0 Å². The largest absolute Gasteiger partial charge is 0.462 e. The number of rotatable bonds is 8. The van der Waals surface area contributed by atoms with E-state index >= 15 is 0 Å². The Labute approximate surface area is 186 Å². The van der Waals surface area contributed by atoms with Crippen molar-refractivity contribution in [3.63, 3.8) is 0 Å². The second-order valence-electron chi connectivity index (χ2n) is 6.22. The minimum atomic E-state index is -0.916. The Balaban J connectivity index is 1.73. The fourth-order valence-electron chi connectivity index (χ4n) is 2.80. The number of imidazole rings is 1. The van der Waals surface area contributed by atoms with E-state index in [-0.39, 0.29) is 35.1 Å². The van der Waals surface area contributed by atoms with Gasteiger partial charge in [0.2, 0.25) is 11.8 Å². The summed E-state index contributed by atoms with van der Waals surface area (Å²) in [4.78, 5) is 40.8. The Kier molecular flexibility index (Phi) is 7.03. The number of esters is 1. The van der Waals surface area contributed by atoms with Gasteiger partial charge in [-0.2, -0.15) is 0 Å². The minimum Gasteiger partial charge on any atom is -0.462 e. The van der Waals surface area contributed by atoms with Crippen LogP contribution in [-0.2, 0) is 9.53 Å². The number of nitrogens with zero attached hydrogens (tertiary/aromatic N) is 2. The maximum Gasteiger partial charge on any atom is 0.342 e. The average Bonchev–Trinajstić information content (AvgIpc) is 3.31. The van der Waals surface area contributed by atoms with E-state index in [0.717, 1.165) is 5.69 Å². The number of nitrogens with one attached hydrogen (secondary N) is 1. The molecule has 2 amide bonds. The van der Waals surface area contributed by atoms with Crippen LogP contribution in [0.1, 0.15) is 33.4 Å². The molecule has 2 aromatic heterocycles. The van der Waals surface area contributed by atoms with Gasteiger partial charge in [-0.25, -0.2) is 9.78 Å². The number of hydrogen-bond donors (Lipinski definition) is 2. The number of amides is 2. The maximum absolute atomic E-state index is 12.5. The number of carbonyl (C=O) groups is 3. The number of aryl methyl sites for hydroxylation is 1. The molecule has 0 saturated heterocycles. The van der Waals surface area contributed by atoms with Crippen molar-refractivity contribution < 1.29 is 23.5 Å². The molecule has 11 heteroatoms. The first-order valence-corrected chi connectivity index (χ1v) is 10.5. The fraction of sp³-hybridized carbons (Fsp3) is 0.200. The van der Waals surface area contributed by atoms with Gasteiger partial charge in [0.05, 0.1) is 12.4 Å². The van der Waals surface area contributed by atoms with E-state index in [1.165, 1.54) is 18.7 Å². The minimum absolute atomic E-state index is 0.0305. The monoisotopic (exact) mass is 462 g/mol. The number of ether oxygens (including phenoxy) is 1. The van der Waals surface area contributed by atoms with Crippen molar-refractivity contribution in [2.45, 2.75) is 19.0 Å². The van der Waals surface area contributed by atoms with Crippen LogP contribution in [0.15, 0.2) is 46.2 Å². The van der Waals surface area contributed by atoms with E-state index in [4.69, 9.17) is 26.5 Å². The van der Waals surface area contributed by atoms with E-state index in [0.29, 0.717) is 10.2 Å². The molecule has 0 fully saturated rings. The molecule has 0 bridgehead atoms. The van der Waals surface area contributed by atoms with Crippen molar-refractivity contribution in [1.82, 2.24) is 9.55 Å². The number of nitrogens with two attached hydrogens (primary N) is 1. The molecule has 1 aromatic carbocycles. The SMILES string of the molecule is CCOC(=O)c1c(C)oc(NC(=O)CSc2nccn2-c2ccc(Cl)cc2)c1C(N)=O. The lowest BCUT2D eigenvalue weighted by molar-refractivity contribution is -0.113. The van der Waals surface area contributed by atoms with Gasteiger partial charge in [-0.05, 0) is 38.1 Å². The number of halogens is 1. The molecule has 3 rings (SSSR count). The number of thioether (sulfide) groups is 1. The molecule has 0 aliphatic rings. The van der Waals surface area contributed by atoms with Crippen LogP contribution in [0.25, 0.3) is 5.69 Å². The highest BCUT2D eigenvalue weighted by Crippen LogP contribution is 2.28. The summed E-state index contributed by atoms with van der Waals surface area (Å²) in [5, 5.41) is 3.68. The molecule has 0 unspecified atom stereocenters. The highest BCUT2D eigenvalue weighted by atomic mass is 35.5. The van der Waals surface area contributed by atoms with Crippen LogP contribution >= 0.6 is 23.4 Å². The molecule has 31 heavy (non-hydrogen) atoms. The predicted octanol–water partition coefficient (Wildman–Crippen LogP) is 3.43. The summed E-state index contributed by atoms with van der Waals surface area (Å²) in [6.07, 6.45) is 3.37. The van der Waals surface area contributed by atoms with Crippen LogP contribution in [-0.4, -0.2) is 39.7 Å². The molecule has 9 nitrogen and oxygen atoms in total. The number of hydrogen-bond acceptors (Lipinski definition) is 7. The summed E-state index contributed by atoms with van der Waals surface area (Å²) in [5.74, 6) is -2.24. The van der Waals surface area contributed by atoms with Crippen molar-refractivity contribution in [1.29, 1.82) is 0 Å². The normalized spacial score (nSPS) is 10.7. The Bertz CT molecular complexity index is 1120.